The van der Waals surface area contributed by atoms with Crippen LogP contribution in [-0.4, -0.2) is 99.4 Å². The van der Waals surface area contributed by atoms with Crippen LogP contribution >= 0.6 is 0 Å². The number of hydrogen-bond acceptors (Lipinski definition) is 8. The number of benzene rings is 3. The summed E-state index contributed by atoms with van der Waals surface area (Å²) in [5.74, 6) is -0.155. The molecule has 3 aromatic rings. The number of anilines is 2. The maximum atomic E-state index is 15.2. The van der Waals surface area contributed by atoms with Gasteiger partial charge >= 0.3 is 41.7 Å². The van der Waals surface area contributed by atoms with Crippen molar-refractivity contribution < 1.29 is 42.0 Å². The summed E-state index contributed by atoms with van der Waals surface area (Å²) >= 11 is 0. The Morgan fingerprint density at radius 1 is 0.932 bits per heavy atom. The van der Waals surface area contributed by atoms with E-state index in [0.717, 1.165) is 17.8 Å². The molecule has 14 heteroatoms. The first-order valence-electron chi connectivity index (χ1n) is 13.3. The molecule has 2 heterocycles. The zero-order valence-corrected chi connectivity index (χ0v) is 23.8. The van der Waals surface area contributed by atoms with Crippen molar-refractivity contribution in [2.45, 2.75) is 18.6 Å². The quantitative estimate of drug-likeness (QED) is 0.228. The monoisotopic (exact) mass is 628 g/mol. The van der Waals surface area contributed by atoms with Gasteiger partial charge in [-0.15, -0.1) is 0 Å². The van der Waals surface area contributed by atoms with E-state index in [0.29, 0.717) is 37.5 Å². The average Bonchev–Trinajstić information content (AvgIpc) is 3.00. The van der Waals surface area contributed by atoms with Crippen molar-refractivity contribution in [2.75, 3.05) is 57.3 Å². The molecule has 1 atom stereocenters. The van der Waals surface area contributed by atoms with Gasteiger partial charge in [-0.1, -0.05) is 18.2 Å². The number of halogens is 4. The molecule has 1 fully saturated rings. The number of carbonyl (C=O) groups is 1. The molecule has 0 saturated carbocycles. The van der Waals surface area contributed by atoms with Crippen molar-refractivity contribution in [3.8, 4) is 11.5 Å². The first kappa shape index (κ1) is 35.0. The predicted octanol–water partition coefficient (Wildman–Crippen LogP) is 4.32. The molecular formula is C30H33F4N4NaO5. The molecule has 44 heavy (non-hydrogen) atoms. The Morgan fingerprint density at radius 2 is 1.61 bits per heavy atom. The molecule has 0 spiro atoms. The van der Waals surface area contributed by atoms with E-state index in [1.807, 2.05) is 29.2 Å². The van der Waals surface area contributed by atoms with E-state index in [-0.39, 0.29) is 64.5 Å². The molecule has 1 saturated heterocycles. The number of alkyl halides is 3. The van der Waals surface area contributed by atoms with E-state index in [9.17, 15) is 18.0 Å². The zero-order valence-electron chi connectivity index (χ0n) is 23.8. The molecule has 232 valence electrons. The fourth-order valence-corrected chi connectivity index (χ4v) is 5.32. The molecule has 0 aliphatic carbocycles. The topological polar surface area (TPSA) is 98.3 Å². The fraction of sp³-hybridized carbons (Fsp3) is 0.333. The molecule has 0 amide bonds. The van der Waals surface area contributed by atoms with Gasteiger partial charge in [0.1, 0.15) is 23.0 Å². The molecule has 2 aliphatic rings. The van der Waals surface area contributed by atoms with Crippen LogP contribution in [0.5, 0.6) is 11.5 Å². The van der Waals surface area contributed by atoms with Gasteiger partial charge < -0.3 is 34.4 Å². The van der Waals surface area contributed by atoms with Gasteiger partial charge in [-0.25, -0.2) is 9.38 Å². The van der Waals surface area contributed by atoms with Crippen molar-refractivity contribution in [1.82, 2.24) is 4.90 Å². The minimum absolute atomic E-state index is 0. The maximum absolute atomic E-state index is 15.2. The summed E-state index contributed by atoms with van der Waals surface area (Å²) in [6.45, 7) is 1.93. The summed E-state index contributed by atoms with van der Waals surface area (Å²) in [7, 11) is 4.17. The number of nitrogens with zero attached hydrogens (tertiary/aromatic N) is 4. The van der Waals surface area contributed by atoms with Crippen molar-refractivity contribution in [3.05, 3.63) is 77.6 Å². The first-order chi connectivity index (χ1) is 20.1. The number of guanidine groups is 1. The number of piperazine rings is 1. The van der Waals surface area contributed by atoms with E-state index in [2.05, 4.69) is 9.89 Å². The number of carbonyl (C=O) groups excluding carboxylic acids is 1. The van der Waals surface area contributed by atoms with E-state index in [1.54, 1.807) is 13.2 Å². The van der Waals surface area contributed by atoms with Crippen molar-refractivity contribution in [1.29, 1.82) is 0 Å². The van der Waals surface area contributed by atoms with Gasteiger partial charge in [0.25, 0.3) is 0 Å². The summed E-state index contributed by atoms with van der Waals surface area (Å²) in [6.07, 6.45) is -4.91. The number of methoxy groups -OCH3 is 3. The van der Waals surface area contributed by atoms with Gasteiger partial charge in [-0.2, -0.15) is 13.2 Å². The number of ether oxygens (including phenoxy) is 3. The Kier molecular flexibility index (Phi) is 11.5. The molecule has 0 radical (unpaired) electrons. The van der Waals surface area contributed by atoms with Gasteiger partial charge in [0, 0.05) is 43.5 Å². The van der Waals surface area contributed by atoms with E-state index in [4.69, 9.17) is 14.2 Å². The third-order valence-electron chi connectivity index (χ3n) is 7.45. The standard InChI is InChI=1S/C30H30F4N4O4.Na.H2O.H/c1-40-21-7-4-6-20(17-21)36-12-14-37(15-13-36)29-35-28-22(8-5-9-23(28)31)24(18-27(39)42-3)38(29)25-16-19(30(32,33)34)10-11-26(25)41-2;;;/h4-11,16-17,24H,12-15,18H2,1-3H3;;1H2;/t24-;;;/m0.../s1. The average molecular weight is 629 g/mol. The molecule has 5 rings (SSSR count). The normalized spacial score (nSPS) is 16.2. The van der Waals surface area contributed by atoms with Crippen molar-refractivity contribution >= 4 is 58.5 Å². The Bertz CT molecular complexity index is 1500. The first-order valence-corrected chi connectivity index (χ1v) is 13.3. The van der Waals surface area contributed by atoms with Crippen LogP contribution in [-0.2, 0) is 15.7 Å². The van der Waals surface area contributed by atoms with Crippen LogP contribution in [0.3, 0.4) is 0 Å². The van der Waals surface area contributed by atoms with Crippen LogP contribution in [0, 0.1) is 5.82 Å². The molecule has 3 aromatic carbocycles. The van der Waals surface area contributed by atoms with Gasteiger partial charge in [0.2, 0.25) is 5.96 Å². The second kappa shape index (κ2) is 14.5. The fourth-order valence-electron chi connectivity index (χ4n) is 5.32. The molecule has 2 aliphatic heterocycles. The van der Waals surface area contributed by atoms with Crippen LogP contribution in [0.4, 0.5) is 34.6 Å². The SMILES string of the molecule is COC(=O)C[C@H]1c2cccc(F)c2N=C(N2CCN(c3cccc(OC)c3)CC2)N1c1cc(C(F)(F)F)ccc1OC.O.[NaH]. The second-order valence-electron chi connectivity index (χ2n) is 9.82. The summed E-state index contributed by atoms with van der Waals surface area (Å²) in [5.41, 5.74) is 0.473. The minimum atomic E-state index is -4.64. The van der Waals surface area contributed by atoms with Crippen LogP contribution < -0.4 is 19.3 Å². The Hall–Kier alpha value is -3.52. The Labute approximate surface area is 274 Å². The van der Waals surface area contributed by atoms with Crippen LogP contribution in [0.25, 0.3) is 0 Å². The molecule has 2 N–H and O–H groups in total. The number of fused-ring (bicyclic) bond motifs is 1. The van der Waals surface area contributed by atoms with E-state index >= 15 is 4.39 Å². The van der Waals surface area contributed by atoms with Crippen molar-refractivity contribution in [2.24, 2.45) is 4.99 Å². The van der Waals surface area contributed by atoms with Crippen LogP contribution in [0.1, 0.15) is 23.6 Å². The third-order valence-corrected chi connectivity index (χ3v) is 7.45. The van der Waals surface area contributed by atoms with E-state index in [1.165, 1.54) is 37.3 Å². The number of rotatable bonds is 6. The second-order valence-corrected chi connectivity index (χ2v) is 9.82. The van der Waals surface area contributed by atoms with Gasteiger partial charge in [0.15, 0.2) is 0 Å². The molecule has 0 unspecified atom stereocenters. The van der Waals surface area contributed by atoms with Gasteiger partial charge in [-0.3, -0.25) is 4.79 Å². The number of esters is 1. The van der Waals surface area contributed by atoms with Gasteiger partial charge in [-0.05, 0) is 36.4 Å². The summed E-state index contributed by atoms with van der Waals surface area (Å²) in [6, 6.07) is 14.2. The van der Waals surface area contributed by atoms with Crippen molar-refractivity contribution in [3.63, 3.8) is 0 Å². The Balaban J connectivity index is 0.00000264. The van der Waals surface area contributed by atoms with Crippen LogP contribution in [0.2, 0.25) is 0 Å². The van der Waals surface area contributed by atoms with Crippen LogP contribution in [0.15, 0.2) is 65.7 Å². The summed E-state index contributed by atoms with van der Waals surface area (Å²) in [5, 5.41) is 0. The number of hydrogen-bond donors (Lipinski definition) is 0. The Morgan fingerprint density at radius 3 is 2.25 bits per heavy atom. The molecular weight excluding hydrogens is 595 g/mol. The molecule has 9 nitrogen and oxygen atoms in total. The van der Waals surface area contributed by atoms with E-state index < -0.39 is 29.6 Å². The predicted molar refractivity (Wildman–Crippen MR) is 161 cm³/mol. The third kappa shape index (κ3) is 7.06. The summed E-state index contributed by atoms with van der Waals surface area (Å²) in [4.78, 5) is 22.9. The number of para-hydroxylation sites is 1. The molecule has 0 aromatic heterocycles. The zero-order chi connectivity index (χ0) is 30.0. The summed E-state index contributed by atoms with van der Waals surface area (Å²) < 4.78 is 72.7. The van der Waals surface area contributed by atoms with Gasteiger partial charge in [0.05, 0.1) is 45.0 Å². The number of aliphatic imine (C=N–C) groups is 1. The molecule has 0 bridgehead atoms.